The fraction of sp³-hybridized carbons (Fsp3) is 0.118. The molecule has 2 amide bonds. The number of para-hydroxylation sites is 2. The van der Waals surface area contributed by atoms with Gasteiger partial charge in [0, 0.05) is 17.7 Å². The van der Waals surface area contributed by atoms with E-state index in [2.05, 4.69) is 15.8 Å². The highest BCUT2D eigenvalue weighted by Crippen LogP contribution is 2.28. The molecule has 2 aromatic carbocycles. The largest absolute Gasteiger partial charge is 0.309 e. The van der Waals surface area contributed by atoms with E-state index in [1.54, 1.807) is 24.3 Å². The van der Waals surface area contributed by atoms with Gasteiger partial charge in [-0.15, -0.1) is 0 Å². The van der Waals surface area contributed by atoms with Gasteiger partial charge in [0.05, 0.1) is 16.0 Å². The van der Waals surface area contributed by atoms with Crippen LogP contribution in [0, 0.1) is 10.1 Å². The van der Waals surface area contributed by atoms with E-state index in [9.17, 15) is 28.5 Å². The predicted molar refractivity (Wildman–Crippen MR) is 100 cm³/mol. The summed E-state index contributed by atoms with van der Waals surface area (Å²) in [5.41, 5.74) is 4.92. The second-order valence-corrected chi connectivity index (χ2v) is 6.61. The van der Waals surface area contributed by atoms with E-state index in [0.717, 1.165) is 6.07 Å². The molecule has 12 heteroatoms. The van der Waals surface area contributed by atoms with Crippen LogP contribution in [-0.2, 0) is 11.3 Å². The maximum Gasteiger partial charge on any atom is 0.291 e. The van der Waals surface area contributed by atoms with Crippen LogP contribution in [0.4, 0.5) is 14.5 Å². The first-order chi connectivity index (χ1) is 13.8. The summed E-state index contributed by atoms with van der Waals surface area (Å²) in [4.78, 5) is 38.5. The second kappa shape index (κ2) is 8.65. The molecule has 1 heterocycles. The van der Waals surface area contributed by atoms with Crippen LogP contribution < -0.4 is 10.9 Å². The molecule has 150 valence electrons. The smallest absolute Gasteiger partial charge is 0.291 e. The Bertz CT molecular complexity index is 1090. The van der Waals surface area contributed by atoms with Crippen molar-refractivity contribution in [3.8, 4) is 0 Å². The molecule has 2 N–H and O–H groups in total. The third kappa shape index (κ3) is 4.85. The highest BCUT2D eigenvalue weighted by atomic mass is 32.2. The maximum absolute atomic E-state index is 12.8. The number of imidazole rings is 1. The summed E-state index contributed by atoms with van der Waals surface area (Å²) in [7, 11) is 0. The molecule has 0 saturated heterocycles. The lowest BCUT2D eigenvalue weighted by Gasteiger charge is -2.10. The Morgan fingerprint density at radius 2 is 1.93 bits per heavy atom. The minimum atomic E-state index is -2.72. The molecule has 9 nitrogen and oxygen atoms in total. The van der Waals surface area contributed by atoms with E-state index in [1.165, 1.54) is 22.8 Å². The Morgan fingerprint density at radius 3 is 2.66 bits per heavy atom. The SMILES string of the molecule is O=C(Cn1c(SC(F)F)nc2ccccc21)NNC(=O)c1cccc([N+](=O)[O-])c1. The molecule has 0 aliphatic rings. The second-order valence-electron chi connectivity index (χ2n) is 5.66. The minimum Gasteiger partial charge on any atom is -0.309 e. The van der Waals surface area contributed by atoms with Crippen LogP contribution in [-0.4, -0.2) is 32.0 Å². The molecule has 0 spiro atoms. The lowest BCUT2D eigenvalue weighted by molar-refractivity contribution is -0.384. The summed E-state index contributed by atoms with van der Waals surface area (Å²) in [6.07, 6.45) is 0. The summed E-state index contributed by atoms with van der Waals surface area (Å²) in [5, 5.41) is 10.7. The first-order valence-corrected chi connectivity index (χ1v) is 8.97. The first-order valence-electron chi connectivity index (χ1n) is 8.09. The zero-order valence-corrected chi connectivity index (χ0v) is 15.4. The summed E-state index contributed by atoms with van der Waals surface area (Å²) >= 11 is 0.206. The molecule has 0 unspecified atom stereocenters. The maximum atomic E-state index is 12.8. The van der Waals surface area contributed by atoms with Crippen LogP contribution >= 0.6 is 11.8 Å². The average Bonchev–Trinajstić information content (AvgIpc) is 3.02. The lowest BCUT2D eigenvalue weighted by atomic mass is 10.2. The Hall–Kier alpha value is -3.54. The van der Waals surface area contributed by atoms with Gasteiger partial charge in [0.15, 0.2) is 5.16 Å². The van der Waals surface area contributed by atoms with Crippen LogP contribution in [0.25, 0.3) is 11.0 Å². The Labute approximate surface area is 166 Å². The fourth-order valence-electron chi connectivity index (χ4n) is 2.52. The molecule has 0 radical (unpaired) electrons. The minimum absolute atomic E-state index is 0.0264. The Balaban J connectivity index is 1.70. The van der Waals surface area contributed by atoms with Crippen molar-refractivity contribution in [2.45, 2.75) is 17.5 Å². The molecule has 29 heavy (non-hydrogen) atoms. The zero-order valence-electron chi connectivity index (χ0n) is 14.5. The van der Waals surface area contributed by atoms with Gasteiger partial charge in [-0.3, -0.25) is 30.6 Å². The number of hydrogen-bond donors (Lipinski definition) is 2. The van der Waals surface area contributed by atoms with E-state index in [4.69, 9.17) is 0 Å². The molecule has 3 rings (SSSR count). The Morgan fingerprint density at radius 1 is 1.17 bits per heavy atom. The molecule has 0 atom stereocenters. The van der Waals surface area contributed by atoms with Crippen molar-refractivity contribution in [2.75, 3.05) is 0 Å². The van der Waals surface area contributed by atoms with Crippen molar-refractivity contribution in [1.29, 1.82) is 0 Å². The van der Waals surface area contributed by atoms with Gasteiger partial charge in [-0.25, -0.2) is 4.98 Å². The number of nitrogens with one attached hydrogen (secondary N) is 2. The van der Waals surface area contributed by atoms with Gasteiger partial charge in [-0.05, 0) is 30.0 Å². The van der Waals surface area contributed by atoms with Crippen molar-refractivity contribution in [3.63, 3.8) is 0 Å². The summed E-state index contributed by atoms with van der Waals surface area (Å²) in [5.74, 6) is -4.18. The topological polar surface area (TPSA) is 119 Å². The third-order valence-corrected chi connectivity index (χ3v) is 4.45. The number of halogens is 2. The van der Waals surface area contributed by atoms with Crippen molar-refractivity contribution < 1.29 is 23.3 Å². The lowest BCUT2D eigenvalue weighted by Crippen LogP contribution is -2.43. The molecule has 0 bridgehead atoms. The number of nitrogens with zero attached hydrogens (tertiary/aromatic N) is 3. The van der Waals surface area contributed by atoms with Crippen molar-refractivity contribution in [1.82, 2.24) is 20.4 Å². The monoisotopic (exact) mass is 421 g/mol. The van der Waals surface area contributed by atoms with Crippen LogP contribution in [0.5, 0.6) is 0 Å². The number of benzene rings is 2. The molecule has 0 saturated carbocycles. The normalized spacial score (nSPS) is 10.9. The highest BCUT2D eigenvalue weighted by molar-refractivity contribution is 7.99. The molecule has 0 aliphatic carbocycles. The van der Waals surface area contributed by atoms with Crippen molar-refractivity contribution in [3.05, 3.63) is 64.2 Å². The van der Waals surface area contributed by atoms with E-state index in [-0.39, 0.29) is 34.7 Å². The molecular formula is C17H13F2N5O4S. The fourth-order valence-corrected chi connectivity index (χ4v) is 3.12. The van der Waals surface area contributed by atoms with E-state index in [1.807, 2.05) is 0 Å². The van der Waals surface area contributed by atoms with Gasteiger partial charge in [0.2, 0.25) is 0 Å². The van der Waals surface area contributed by atoms with Crippen LogP contribution in [0.3, 0.4) is 0 Å². The number of hydrazine groups is 1. The van der Waals surface area contributed by atoms with Gasteiger partial charge in [0.25, 0.3) is 23.3 Å². The van der Waals surface area contributed by atoms with Gasteiger partial charge in [-0.2, -0.15) is 8.78 Å². The summed E-state index contributed by atoms with van der Waals surface area (Å²) < 4.78 is 26.9. The third-order valence-electron chi connectivity index (χ3n) is 3.75. The predicted octanol–water partition coefficient (Wildman–Crippen LogP) is 2.72. The first kappa shape index (κ1) is 20.2. The number of nitro groups is 1. The molecule has 0 fully saturated rings. The van der Waals surface area contributed by atoms with Crippen LogP contribution in [0.2, 0.25) is 0 Å². The van der Waals surface area contributed by atoms with Crippen LogP contribution in [0.15, 0.2) is 53.7 Å². The van der Waals surface area contributed by atoms with E-state index >= 15 is 0 Å². The number of fused-ring (bicyclic) bond motifs is 1. The number of carbonyl (C=O) groups excluding carboxylic acids is 2. The summed E-state index contributed by atoms with van der Waals surface area (Å²) in [6.45, 7) is -0.370. The number of thioether (sulfide) groups is 1. The number of rotatable bonds is 6. The number of alkyl halides is 2. The van der Waals surface area contributed by atoms with E-state index in [0.29, 0.717) is 11.0 Å². The number of carbonyl (C=O) groups is 2. The molecule has 0 aliphatic heterocycles. The average molecular weight is 421 g/mol. The van der Waals surface area contributed by atoms with Gasteiger partial charge < -0.3 is 4.57 Å². The molecular weight excluding hydrogens is 408 g/mol. The van der Waals surface area contributed by atoms with Crippen molar-refractivity contribution >= 4 is 40.3 Å². The number of nitro benzene ring substituents is 1. The van der Waals surface area contributed by atoms with E-state index < -0.39 is 22.5 Å². The van der Waals surface area contributed by atoms with Gasteiger partial charge >= 0.3 is 0 Å². The Kier molecular flexibility index (Phi) is 6.02. The quantitative estimate of drug-likeness (QED) is 0.359. The highest BCUT2D eigenvalue weighted by Gasteiger charge is 2.18. The van der Waals surface area contributed by atoms with Crippen LogP contribution in [0.1, 0.15) is 10.4 Å². The summed E-state index contributed by atoms with van der Waals surface area (Å²) in [6, 6.07) is 11.6. The van der Waals surface area contributed by atoms with Gasteiger partial charge in [0.1, 0.15) is 6.54 Å². The number of aromatic nitrogens is 2. The standard InChI is InChI=1S/C17H13F2N5O4S/c18-16(19)29-17-20-12-6-1-2-7-13(12)23(17)9-14(25)21-22-15(26)10-4-3-5-11(8-10)24(27)28/h1-8,16H,9H2,(H,21,25)(H,22,26). The zero-order chi connectivity index (χ0) is 21.0. The number of amides is 2. The van der Waals surface area contributed by atoms with Gasteiger partial charge in [-0.1, -0.05) is 18.2 Å². The molecule has 1 aromatic heterocycles. The molecule has 3 aromatic rings. The number of non-ortho nitro benzene ring substituents is 1. The number of hydrogen-bond acceptors (Lipinski definition) is 6. The van der Waals surface area contributed by atoms with Crippen molar-refractivity contribution in [2.24, 2.45) is 0 Å².